The van der Waals surface area contributed by atoms with Crippen LogP contribution >= 0.6 is 0 Å². The van der Waals surface area contributed by atoms with E-state index in [1.807, 2.05) is 19.9 Å². The van der Waals surface area contributed by atoms with E-state index in [-0.39, 0.29) is 17.5 Å². The molecule has 8 heteroatoms. The van der Waals surface area contributed by atoms with Crippen LogP contribution in [0.2, 0.25) is 0 Å². The van der Waals surface area contributed by atoms with Gasteiger partial charge in [-0.2, -0.15) is 10.2 Å². The van der Waals surface area contributed by atoms with Crippen molar-refractivity contribution < 1.29 is 13.2 Å². The molecule has 154 valence electrons. The number of rotatable bonds is 6. The first-order valence-electron chi connectivity index (χ1n) is 9.45. The number of hydrogen-bond donors (Lipinski definition) is 2. The minimum atomic E-state index is -0.675. The van der Waals surface area contributed by atoms with E-state index >= 15 is 0 Å². The molecular formula is C22H20F3N5. The highest BCUT2D eigenvalue weighted by atomic mass is 19.1. The molecule has 2 N–H and O–H groups in total. The summed E-state index contributed by atoms with van der Waals surface area (Å²) in [5, 5.41) is 14.7. The molecule has 0 amide bonds. The first-order chi connectivity index (χ1) is 14.4. The molecule has 0 spiro atoms. The van der Waals surface area contributed by atoms with Crippen LogP contribution in [0.25, 0.3) is 16.9 Å². The lowest BCUT2D eigenvalue weighted by atomic mass is 10.1. The van der Waals surface area contributed by atoms with Crippen LogP contribution in [0.3, 0.4) is 0 Å². The Kier molecular flexibility index (Phi) is 5.41. The van der Waals surface area contributed by atoms with Crippen LogP contribution in [0.4, 0.5) is 13.2 Å². The number of halogens is 3. The lowest BCUT2D eigenvalue weighted by Gasteiger charge is -2.14. The van der Waals surface area contributed by atoms with Gasteiger partial charge in [-0.3, -0.25) is 5.10 Å². The number of H-pyrrole nitrogens is 1. The molecule has 0 radical (unpaired) electrons. The van der Waals surface area contributed by atoms with Crippen molar-refractivity contribution in [3.05, 3.63) is 89.1 Å². The first-order valence-corrected chi connectivity index (χ1v) is 9.45. The highest BCUT2D eigenvalue weighted by Gasteiger charge is 2.17. The van der Waals surface area contributed by atoms with Crippen molar-refractivity contribution in [2.24, 2.45) is 0 Å². The van der Waals surface area contributed by atoms with Gasteiger partial charge in [0.05, 0.1) is 18.1 Å². The molecule has 4 aromatic rings. The van der Waals surface area contributed by atoms with Crippen LogP contribution < -0.4 is 5.32 Å². The largest absolute Gasteiger partial charge is 0.306 e. The minimum Gasteiger partial charge on any atom is -0.306 e. The van der Waals surface area contributed by atoms with Crippen molar-refractivity contribution in [1.82, 2.24) is 25.3 Å². The molecule has 0 saturated carbocycles. The molecule has 4 rings (SSSR count). The second kappa shape index (κ2) is 8.16. The summed E-state index contributed by atoms with van der Waals surface area (Å²) in [6.07, 6.45) is 3.36. The Morgan fingerprint density at radius 1 is 1.07 bits per heavy atom. The van der Waals surface area contributed by atoms with Crippen LogP contribution in [-0.4, -0.2) is 20.0 Å². The molecule has 2 aromatic carbocycles. The quantitative estimate of drug-likeness (QED) is 0.477. The molecule has 0 aliphatic rings. The molecule has 5 nitrogen and oxygen atoms in total. The highest BCUT2D eigenvalue weighted by Crippen LogP contribution is 2.25. The number of aromatic amines is 1. The average molecular weight is 411 g/mol. The monoisotopic (exact) mass is 411 g/mol. The number of aromatic nitrogens is 4. The Morgan fingerprint density at radius 3 is 2.63 bits per heavy atom. The van der Waals surface area contributed by atoms with Crippen molar-refractivity contribution >= 4 is 0 Å². The molecule has 2 aromatic heterocycles. The second-order valence-corrected chi connectivity index (χ2v) is 7.08. The zero-order valence-corrected chi connectivity index (χ0v) is 16.5. The van der Waals surface area contributed by atoms with Gasteiger partial charge in [0.25, 0.3) is 0 Å². The van der Waals surface area contributed by atoms with Crippen molar-refractivity contribution in [3.63, 3.8) is 0 Å². The summed E-state index contributed by atoms with van der Waals surface area (Å²) in [4.78, 5) is 0. The van der Waals surface area contributed by atoms with Gasteiger partial charge in [0.15, 0.2) is 5.82 Å². The van der Waals surface area contributed by atoms with Crippen LogP contribution in [0.1, 0.15) is 29.8 Å². The lowest BCUT2D eigenvalue weighted by molar-refractivity contribution is 0.566. The van der Waals surface area contributed by atoms with Crippen LogP contribution in [0.5, 0.6) is 0 Å². The van der Waals surface area contributed by atoms with Gasteiger partial charge in [0.2, 0.25) is 0 Å². The maximum absolute atomic E-state index is 14.1. The van der Waals surface area contributed by atoms with E-state index in [2.05, 4.69) is 20.6 Å². The number of nitrogens with zero attached hydrogens (tertiary/aromatic N) is 3. The summed E-state index contributed by atoms with van der Waals surface area (Å²) >= 11 is 0. The number of benzene rings is 2. The number of hydrogen-bond acceptors (Lipinski definition) is 3. The zero-order chi connectivity index (χ0) is 21.3. The minimum absolute atomic E-state index is 0.0995. The summed E-state index contributed by atoms with van der Waals surface area (Å²) in [7, 11) is 0. The van der Waals surface area contributed by atoms with Crippen LogP contribution in [-0.2, 0) is 6.54 Å². The predicted molar refractivity (Wildman–Crippen MR) is 107 cm³/mol. The predicted octanol–water partition coefficient (Wildman–Crippen LogP) is 4.84. The summed E-state index contributed by atoms with van der Waals surface area (Å²) in [5.41, 5.74) is 4.17. The molecular weight excluding hydrogens is 391 g/mol. The molecule has 30 heavy (non-hydrogen) atoms. The fourth-order valence-corrected chi connectivity index (χ4v) is 3.46. The van der Waals surface area contributed by atoms with E-state index in [1.165, 1.54) is 28.9 Å². The summed E-state index contributed by atoms with van der Waals surface area (Å²) in [6, 6.07) is 9.61. The fraction of sp³-hybridized carbons (Fsp3) is 0.182. The maximum Gasteiger partial charge on any atom is 0.151 e. The standard InChI is InChI=1S/C22H20F3N5/c1-13(19-12-28-30(14(19)2)21-7-6-18(24)9-20(21)25)26-10-16-11-27-29-22(16)15-4-3-5-17(23)8-15/h3-9,11-13,26H,10H2,1-2H3,(H,27,29)/t13-/m0/s1. The third-order valence-electron chi connectivity index (χ3n) is 5.08. The third-order valence-corrected chi connectivity index (χ3v) is 5.08. The summed E-state index contributed by atoms with van der Waals surface area (Å²) in [5.74, 6) is -1.62. The number of nitrogens with one attached hydrogen (secondary N) is 2. The maximum atomic E-state index is 14.1. The van der Waals surface area contributed by atoms with E-state index in [0.29, 0.717) is 12.1 Å². The SMILES string of the molecule is Cc1c([C@H](C)NCc2cn[nH]c2-c2cccc(F)c2)cnn1-c1ccc(F)cc1F. The zero-order valence-electron chi connectivity index (χ0n) is 16.5. The molecule has 1 atom stereocenters. The van der Waals surface area contributed by atoms with E-state index < -0.39 is 11.6 Å². The molecule has 0 aliphatic carbocycles. The third kappa shape index (κ3) is 3.86. The summed E-state index contributed by atoms with van der Waals surface area (Å²) in [6.45, 7) is 4.29. The molecule has 0 fully saturated rings. The Morgan fingerprint density at radius 2 is 1.87 bits per heavy atom. The van der Waals surface area contributed by atoms with Gasteiger partial charge in [0, 0.05) is 41.0 Å². The van der Waals surface area contributed by atoms with Crippen molar-refractivity contribution in [1.29, 1.82) is 0 Å². The van der Waals surface area contributed by atoms with Crippen LogP contribution in [0, 0.1) is 24.4 Å². The molecule has 2 heterocycles. The molecule has 0 unspecified atom stereocenters. The second-order valence-electron chi connectivity index (χ2n) is 7.08. The summed E-state index contributed by atoms with van der Waals surface area (Å²) < 4.78 is 42.4. The van der Waals surface area contributed by atoms with E-state index in [4.69, 9.17) is 0 Å². The van der Waals surface area contributed by atoms with Gasteiger partial charge in [-0.15, -0.1) is 0 Å². The van der Waals surface area contributed by atoms with Gasteiger partial charge in [-0.05, 0) is 38.1 Å². The van der Waals surface area contributed by atoms with Gasteiger partial charge in [-0.25, -0.2) is 17.9 Å². The van der Waals surface area contributed by atoms with Crippen molar-refractivity contribution in [2.45, 2.75) is 26.4 Å². The fourth-order valence-electron chi connectivity index (χ4n) is 3.46. The Bertz CT molecular complexity index is 1180. The van der Waals surface area contributed by atoms with Crippen LogP contribution in [0.15, 0.2) is 54.9 Å². The lowest BCUT2D eigenvalue weighted by Crippen LogP contribution is -2.19. The molecule has 0 bridgehead atoms. The van der Waals surface area contributed by atoms with Gasteiger partial charge < -0.3 is 5.32 Å². The van der Waals surface area contributed by atoms with Gasteiger partial charge >= 0.3 is 0 Å². The van der Waals surface area contributed by atoms with E-state index in [0.717, 1.165) is 28.6 Å². The highest BCUT2D eigenvalue weighted by molar-refractivity contribution is 5.62. The molecule has 0 aliphatic heterocycles. The normalized spacial score (nSPS) is 12.3. The smallest absolute Gasteiger partial charge is 0.151 e. The Hall–Kier alpha value is -3.39. The Balaban J connectivity index is 1.52. The topological polar surface area (TPSA) is 58.5 Å². The van der Waals surface area contributed by atoms with Gasteiger partial charge in [-0.1, -0.05) is 12.1 Å². The van der Waals surface area contributed by atoms with Gasteiger partial charge in [0.1, 0.15) is 17.3 Å². The van der Waals surface area contributed by atoms with Crippen molar-refractivity contribution in [3.8, 4) is 16.9 Å². The molecule has 0 saturated heterocycles. The Labute approximate surface area is 171 Å². The average Bonchev–Trinajstić information content (AvgIpc) is 3.33. The van der Waals surface area contributed by atoms with E-state index in [9.17, 15) is 13.2 Å². The van der Waals surface area contributed by atoms with Crippen molar-refractivity contribution in [2.75, 3.05) is 0 Å². The van der Waals surface area contributed by atoms with E-state index in [1.54, 1.807) is 18.5 Å². The first kappa shape index (κ1) is 19.9.